The van der Waals surface area contributed by atoms with Gasteiger partial charge in [-0.2, -0.15) is 9.61 Å². The van der Waals surface area contributed by atoms with Crippen molar-refractivity contribution in [1.29, 1.82) is 0 Å². The summed E-state index contributed by atoms with van der Waals surface area (Å²) in [5.74, 6) is -0.472. The number of hydrogen-bond acceptors (Lipinski definition) is 8. The molecule has 0 aliphatic carbocycles. The van der Waals surface area contributed by atoms with E-state index >= 15 is 0 Å². The van der Waals surface area contributed by atoms with E-state index in [4.69, 9.17) is 13.9 Å². The molecule has 1 fully saturated rings. The summed E-state index contributed by atoms with van der Waals surface area (Å²) in [5, 5.41) is 17.4. The molecule has 1 N–H and O–H groups in total. The number of aldehydes is 1. The highest BCUT2D eigenvalue weighted by Crippen LogP contribution is 2.39. The van der Waals surface area contributed by atoms with E-state index in [2.05, 4.69) is 110 Å². The lowest BCUT2D eigenvalue weighted by atomic mass is 9.93. The zero-order valence-electron chi connectivity index (χ0n) is 32.8. The predicted molar refractivity (Wildman–Crippen MR) is 212 cm³/mol. The summed E-state index contributed by atoms with van der Waals surface area (Å²) in [4.78, 5) is 30.5. The van der Waals surface area contributed by atoms with Crippen LogP contribution in [-0.2, 0) is 29.9 Å². The first-order chi connectivity index (χ1) is 25.1. The molecule has 1 aliphatic heterocycles. The molecule has 5 rings (SSSR count). The molecule has 3 heterocycles. The van der Waals surface area contributed by atoms with Gasteiger partial charge in [0.15, 0.2) is 11.8 Å². The molecule has 53 heavy (non-hydrogen) atoms. The molecule has 2 aromatic heterocycles. The van der Waals surface area contributed by atoms with Gasteiger partial charge in [0.2, 0.25) is 0 Å². The summed E-state index contributed by atoms with van der Waals surface area (Å²) >= 11 is 0. The molecule has 10 nitrogen and oxygen atoms in total. The second-order valence-corrected chi connectivity index (χ2v) is 20.9. The molecule has 0 saturated carbocycles. The zero-order valence-corrected chi connectivity index (χ0v) is 33.8. The monoisotopic (exact) mass is 742 g/mol. The molecule has 1 aliphatic rings. The predicted octanol–water partition coefficient (Wildman–Crippen LogP) is 6.92. The lowest BCUT2D eigenvalue weighted by Gasteiger charge is -2.44. The van der Waals surface area contributed by atoms with Crippen LogP contribution < -0.4 is 15.3 Å². The van der Waals surface area contributed by atoms with Crippen molar-refractivity contribution < 1.29 is 28.6 Å². The molecule has 4 aromatic rings. The lowest BCUT2D eigenvalue weighted by Crippen LogP contribution is -2.67. The van der Waals surface area contributed by atoms with Crippen molar-refractivity contribution >= 4 is 42.4 Å². The quantitative estimate of drug-likeness (QED) is 0.0742. The third-order valence-electron chi connectivity index (χ3n) is 10.2. The maximum Gasteiger partial charge on any atom is 0.337 e. The molecule has 2 atom stereocenters. The number of piperidine rings is 1. The van der Waals surface area contributed by atoms with Crippen LogP contribution in [0.25, 0.3) is 5.65 Å². The number of carbonyl (C=O) groups excluding carboxylic acids is 1. The first kappa shape index (κ1) is 40.3. The van der Waals surface area contributed by atoms with E-state index in [1.54, 1.807) is 16.8 Å². The number of hydrogen-bond donors (Lipinski definition) is 1. The van der Waals surface area contributed by atoms with Gasteiger partial charge in [-0.25, -0.2) is 9.78 Å². The smallest absolute Gasteiger partial charge is 0.337 e. The molecular formula is C42H58N4O6Si. The average Bonchev–Trinajstić information content (AvgIpc) is 3.52. The topological polar surface area (TPSA) is 115 Å². The molecule has 0 bridgehead atoms. The minimum absolute atomic E-state index is 0.0668. The van der Waals surface area contributed by atoms with Crippen molar-refractivity contribution in [3.8, 4) is 0 Å². The van der Waals surface area contributed by atoms with E-state index in [0.29, 0.717) is 42.4 Å². The number of fused-ring (bicyclic) bond motifs is 1. The Bertz CT molecular complexity index is 1770. The maximum absolute atomic E-state index is 12.5. The summed E-state index contributed by atoms with van der Waals surface area (Å²) in [6.45, 7) is 18.7. The van der Waals surface area contributed by atoms with Crippen LogP contribution in [-0.4, -0.2) is 77.3 Å². The van der Waals surface area contributed by atoms with Gasteiger partial charge in [-0.05, 0) is 82.1 Å². The van der Waals surface area contributed by atoms with E-state index in [9.17, 15) is 14.7 Å². The number of rotatable bonds is 16. The van der Waals surface area contributed by atoms with Gasteiger partial charge in [-0.15, -0.1) is 0 Å². The first-order valence-electron chi connectivity index (χ1n) is 19.0. The van der Waals surface area contributed by atoms with Crippen LogP contribution in [0.2, 0.25) is 5.04 Å². The van der Waals surface area contributed by atoms with E-state index in [0.717, 1.165) is 38.4 Å². The fourth-order valence-corrected chi connectivity index (χ4v) is 12.2. The molecule has 0 amide bonds. The summed E-state index contributed by atoms with van der Waals surface area (Å²) in [6, 6.07) is 23.3. The zero-order chi connectivity index (χ0) is 38.4. The lowest BCUT2D eigenvalue weighted by molar-refractivity contribution is -0.160. The number of nitrogens with zero attached hydrogens (tertiary/aromatic N) is 4. The Labute approximate surface area is 316 Å². The van der Waals surface area contributed by atoms with Crippen LogP contribution in [0.5, 0.6) is 0 Å². The van der Waals surface area contributed by atoms with Gasteiger partial charge in [0.1, 0.15) is 12.1 Å². The Morgan fingerprint density at radius 3 is 2.11 bits per heavy atom. The van der Waals surface area contributed by atoms with Crippen molar-refractivity contribution in [2.75, 3.05) is 24.6 Å². The number of unbranched alkanes of at least 4 members (excludes halogenated alkanes) is 1. The molecule has 11 heteroatoms. The van der Waals surface area contributed by atoms with Crippen LogP contribution in [0, 0.1) is 0 Å². The second kappa shape index (κ2) is 16.6. The van der Waals surface area contributed by atoms with E-state index in [1.165, 1.54) is 10.4 Å². The molecular weight excluding hydrogens is 685 g/mol. The molecule has 286 valence electrons. The van der Waals surface area contributed by atoms with Crippen LogP contribution in [0.4, 0.5) is 5.82 Å². The van der Waals surface area contributed by atoms with Crippen LogP contribution in [0.1, 0.15) is 105 Å². The van der Waals surface area contributed by atoms with Gasteiger partial charge in [-0.3, -0.25) is 0 Å². The third-order valence-corrected chi connectivity index (χ3v) is 15.3. The Balaban J connectivity index is 1.23. The van der Waals surface area contributed by atoms with Crippen molar-refractivity contribution in [3.05, 3.63) is 84.2 Å². The highest BCUT2D eigenvalue weighted by Gasteiger charge is 2.51. The van der Waals surface area contributed by atoms with Gasteiger partial charge in [0.25, 0.3) is 8.32 Å². The Morgan fingerprint density at radius 2 is 1.58 bits per heavy atom. The van der Waals surface area contributed by atoms with E-state index < -0.39 is 26.0 Å². The van der Waals surface area contributed by atoms with E-state index in [-0.39, 0.29) is 23.2 Å². The summed E-state index contributed by atoms with van der Waals surface area (Å²) in [5.41, 5.74) is 0.534. The normalized spacial score (nSPS) is 16.4. The minimum atomic E-state index is -2.61. The van der Waals surface area contributed by atoms with Gasteiger partial charge in [0.05, 0.1) is 22.5 Å². The maximum atomic E-state index is 12.5. The average molecular weight is 743 g/mol. The number of carbonyl (C=O) groups is 2. The fourth-order valence-electron chi connectivity index (χ4n) is 7.51. The largest absolute Gasteiger partial charge is 0.479 e. The molecule has 1 unspecified atom stereocenters. The summed E-state index contributed by atoms with van der Waals surface area (Å²) in [6.07, 6.45) is 5.74. The number of aliphatic carboxylic acids is 1. The molecule has 0 spiro atoms. The van der Waals surface area contributed by atoms with Crippen LogP contribution in [0.15, 0.2) is 72.9 Å². The van der Waals surface area contributed by atoms with Crippen molar-refractivity contribution in [2.45, 2.75) is 122 Å². The highest BCUT2D eigenvalue weighted by molar-refractivity contribution is 6.99. The number of carboxylic acids is 1. The molecule has 2 aromatic carbocycles. The summed E-state index contributed by atoms with van der Waals surface area (Å²) in [7, 11) is -2.61. The third kappa shape index (κ3) is 9.43. The van der Waals surface area contributed by atoms with Crippen molar-refractivity contribution in [3.63, 3.8) is 0 Å². The van der Waals surface area contributed by atoms with Gasteiger partial charge >= 0.3 is 5.97 Å². The second-order valence-electron chi connectivity index (χ2n) is 16.6. The SMILES string of the molecule is C[C@H](CCCCOC1(C)CCN(c2c(C(OC(C)(C)C)C(=O)O)cnc3cc(CC=O)nn23)CC1)O[Si](c1ccccc1)(c1ccccc1)C(C)(C)C. The minimum Gasteiger partial charge on any atom is -0.479 e. The standard InChI is InChI=1S/C42H58N4O6Si/c1-31(52-53(41(5,6)7,33-18-11-9-12-19-33)34-20-13-10-14-21-34)17-15-16-28-50-42(8)23-25-45(26-24-42)38-35(37(39(48)49)51-40(2,3)4)30-43-36-29-32(22-27-47)44-46(36)38/h9-14,18-21,27,29-31,37H,15-17,22-26,28H2,1-8H3,(H,48,49)/t31-,37?/m1/s1. The summed E-state index contributed by atoms with van der Waals surface area (Å²) < 4.78 is 21.6. The van der Waals surface area contributed by atoms with Crippen LogP contribution in [0.3, 0.4) is 0 Å². The number of benzene rings is 2. The van der Waals surface area contributed by atoms with Gasteiger partial charge < -0.3 is 28.7 Å². The Morgan fingerprint density at radius 1 is 0.981 bits per heavy atom. The number of anilines is 1. The van der Waals surface area contributed by atoms with Crippen molar-refractivity contribution in [2.24, 2.45) is 0 Å². The van der Waals surface area contributed by atoms with Crippen molar-refractivity contribution in [1.82, 2.24) is 14.6 Å². The fraction of sp³-hybridized carbons (Fsp3) is 0.524. The Hall–Kier alpha value is -3.90. The highest BCUT2D eigenvalue weighted by atomic mass is 28.4. The number of aromatic nitrogens is 3. The first-order valence-corrected chi connectivity index (χ1v) is 20.9. The van der Waals surface area contributed by atoms with Gasteiger partial charge in [-0.1, -0.05) is 81.4 Å². The van der Waals surface area contributed by atoms with Gasteiger partial charge in [0, 0.05) is 44.5 Å². The number of carboxylic acid groups (broad SMARTS) is 1. The Kier molecular flexibility index (Phi) is 12.6. The molecule has 1 saturated heterocycles. The van der Waals surface area contributed by atoms with Crippen LogP contribution >= 0.6 is 0 Å². The van der Waals surface area contributed by atoms with E-state index in [1.807, 2.05) is 20.8 Å². The molecule has 0 radical (unpaired) electrons. The number of ether oxygens (including phenoxy) is 2.